The van der Waals surface area contributed by atoms with Gasteiger partial charge in [0.25, 0.3) is 0 Å². The van der Waals surface area contributed by atoms with E-state index in [-0.39, 0.29) is 0 Å². The van der Waals surface area contributed by atoms with Gasteiger partial charge in [0, 0.05) is 12.8 Å². The third-order valence-electron chi connectivity index (χ3n) is 6.43. The third-order valence-corrected chi connectivity index (χ3v) is 6.87. The Bertz CT molecular complexity index is 1220. The summed E-state index contributed by atoms with van der Waals surface area (Å²) in [7, 11) is 0. The summed E-state index contributed by atoms with van der Waals surface area (Å²) in [5.41, 5.74) is 0. The number of hydrogen-bond donors (Lipinski definition) is 2. The molecule has 0 aliphatic rings. The van der Waals surface area contributed by atoms with Gasteiger partial charge in [0.2, 0.25) is 0 Å². The molecule has 36 heteroatoms. The van der Waals surface area contributed by atoms with Crippen molar-refractivity contribution in [3.8, 4) is 0 Å². The van der Waals surface area contributed by atoms with Gasteiger partial charge in [0.15, 0.2) is 0 Å². The molecular weight excluding hydrogens is 950 g/mol. The van der Waals surface area contributed by atoms with Crippen molar-refractivity contribution in [3.05, 3.63) is 0 Å². The van der Waals surface area contributed by atoms with Crippen LogP contribution in [0.15, 0.2) is 0 Å². The molecule has 0 spiro atoms. The summed E-state index contributed by atoms with van der Waals surface area (Å²) in [6.45, 7) is 0. The van der Waals surface area contributed by atoms with E-state index in [0.717, 1.165) is 0 Å². The molecule has 0 aliphatic carbocycles. The van der Waals surface area contributed by atoms with Crippen molar-refractivity contribution in [2.45, 2.75) is 108 Å². The van der Waals surface area contributed by atoms with Gasteiger partial charge in [-0.1, -0.05) is 0 Å². The first-order valence-corrected chi connectivity index (χ1v) is 13.5. The summed E-state index contributed by atoms with van der Waals surface area (Å²) in [5, 5.41) is 0. The second-order valence-electron chi connectivity index (χ2n) is 10.2. The summed E-state index contributed by atoms with van der Waals surface area (Å²) in [6, 6.07) is 0. The van der Waals surface area contributed by atoms with Crippen molar-refractivity contribution < 1.29 is 149 Å². The Kier molecular flexibility index (Phi) is 15.2. The van der Waals surface area contributed by atoms with Gasteiger partial charge in [-0.15, -0.1) is 0 Å². The number of alkyl halides is 34. The van der Waals surface area contributed by atoms with Crippen molar-refractivity contribution in [2.24, 2.45) is 0 Å². The number of thiol groups is 2. The predicted octanol–water partition coefficient (Wildman–Crippen LogP) is 12.6. The molecule has 0 unspecified atom stereocenters. The fourth-order valence-corrected chi connectivity index (χ4v) is 3.55. The molecule has 0 radical (unpaired) electrons. The van der Waals surface area contributed by atoms with Crippen LogP contribution in [0.5, 0.6) is 0 Å². The normalized spacial score (nSPS) is 16.5. The summed E-state index contributed by atoms with van der Waals surface area (Å²) >= 11 is 5.70. The van der Waals surface area contributed by atoms with E-state index in [1.165, 1.54) is 0 Å². The van der Waals surface area contributed by atoms with Crippen LogP contribution in [0.4, 0.5) is 149 Å². The summed E-state index contributed by atoms with van der Waals surface area (Å²) in [4.78, 5) is 0. The van der Waals surface area contributed by atoms with Gasteiger partial charge in [-0.25, -0.2) is 0 Å². The molecule has 0 aromatic carbocycles. The highest BCUT2D eigenvalue weighted by Gasteiger charge is 2.96. The standard InChI is InChI=1S/2C10H5F17S/c2*11-3(12,1-2-28)4(13,14)5(15,16)6(17,18)7(19,20)8(21,22)9(23,24)10(25,26)27/h2*28H,1-2H2. The van der Waals surface area contributed by atoms with Gasteiger partial charge in [0.1, 0.15) is 0 Å². The Morgan fingerprint density at radius 1 is 0.196 bits per heavy atom. The molecule has 0 atom stereocenters. The van der Waals surface area contributed by atoms with Gasteiger partial charge < -0.3 is 0 Å². The van der Waals surface area contributed by atoms with Crippen LogP contribution in [0.1, 0.15) is 12.8 Å². The maximum atomic E-state index is 13.2. The zero-order valence-corrected chi connectivity index (χ0v) is 26.4. The van der Waals surface area contributed by atoms with Crippen molar-refractivity contribution in [3.63, 3.8) is 0 Å². The molecule has 0 saturated heterocycles. The van der Waals surface area contributed by atoms with E-state index in [9.17, 15) is 149 Å². The summed E-state index contributed by atoms with van der Waals surface area (Å²) < 4.78 is 434. The van der Waals surface area contributed by atoms with E-state index in [2.05, 4.69) is 25.3 Å². The van der Waals surface area contributed by atoms with Crippen LogP contribution < -0.4 is 0 Å². The van der Waals surface area contributed by atoms with Crippen LogP contribution in [0.25, 0.3) is 0 Å². The Labute approximate surface area is 295 Å². The largest absolute Gasteiger partial charge is 0.460 e. The monoisotopic (exact) mass is 960 g/mol. The highest BCUT2D eigenvalue weighted by atomic mass is 32.1. The van der Waals surface area contributed by atoms with Crippen molar-refractivity contribution in [2.75, 3.05) is 11.5 Å². The predicted molar refractivity (Wildman–Crippen MR) is 118 cm³/mol. The van der Waals surface area contributed by atoms with E-state index in [1.807, 2.05) is 0 Å². The highest BCUT2D eigenvalue weighted by Crippen LogP contribution is 2.66. The lowest BCUT2D eigenvalue weighted by atomic mass is 9.88. The van der Waals surface area contributed by atoms with E-state index in [0.29, 0.717) is 0 Å². The van der Waals surface area contributed by atoms with Gasteiger partial charge in [0.05, 0.1) is 0 Å². The minimum Gasteiger partial charge on any atom is -0.200 e. The van der Waals surface area contributed by atoms with Crippen LogP contribution >= 0.6 is 25.3 Å². The summed E-state index contributed by atoms with van der Waals surface area (Å²) in [5.74, 6) is -115. The molecular formula is C20H10F34S2. The molecule has 0 fully saturated rings. The van der Waals surface area contributed by atoms with Crippen LogP contribution in [0, 0.1) is 0 Å². The quantitative estimate of drug-likeness (QED) is 0.112. The number of hydrogen-bond acceptors (Lipinski definition) is 2. The van der Waals surface area contributed by atoms with Crippen molar-refractivity contribution >= 4 is 25.3 Å². The Morgan fingerprint density at radius 2 is 0.321 bits per heavy atom. The van der Waals surface area contributed by atoms with E-state index in [4.69, 9.17) is 0 Å². The lowest BCUT2D eigenvalue weighted by molar-refractivity contribution is -0.461. The molecule has 0 N–H and O–H groups in total. The van der Waals surface area contributed by atoms with E-state index in [1.54, 1.807) is 0 Å². The summed E-state index contributed by atoms with van der Waals surface area (Å²) in [6.07, 6.45) is -20.5. The molecule has 340 valence electrons. The Morgan fingerprint density at radius 3 is 0.446 bits per heavy atom. The zero-order chi connectivity index (χ0) is 46.8. The minimum absolute atomic E-state index is 1.47. The average Bonchev–Trinajstić information content (AvgIpc) is 2.94. The molecule has 0 amide bonds. The molecule has 0 bridgehead atoms. The van der Waals surface area contributed by atoms with E-state index < -0.39 is 120 Å². The zero-order valence-electron chi connectivity index (χ0n) is 24.6. The van der Waals surface area contributed by atoms with Crippen molar-refractivity contribution in [1.82, 2.24) is 0 Å². The number of halogens is 34. The lowest BCUT2D eigenvalue weighted by Gasteiger charge is -2.42. The second kappa shape index (κ2) is 15.1. The fourth-order valence-electron chi connectivity index (χ4n) is 2.99. The Balaban J connectivity index is 0. The second-order valence-corrected chi connectivity index (χ2v) is 11.1. The Hall–Kier alpha value is -1.68. The SMILES string of the molecule is FC(F)(F)C(F)(F)C(F)(F)C(F)(F)C(F)(F)C(F)(F)C(F)(F)C(F)(F)CCS.FC(F)(F)C(F)(F)C(F)(F)C(F)(F)C(F)(F)C(F)(F)C(F)(F)C(F)(F)CCS. The molecule has 56 heavy (non-hydrogen) atoms. The molecule has 0 rings (SSSR count). The number of rotatable bonds is 16. The average molecular weight is 960 g/mol. The highest BCUT2D eigenvalue weighted by molar-refractivity contribution is 7.80. The molecule has 0 aromatic rings. The van der Waals surface area contributed by atoms with E-state index >= 15 is 0 Å². The lowest BCUT2D eigenvalue weighted by Crippen LogP contribution is -2.74. The molecule has 0 aliphatic heterocycles. The molecule has 0 aromatic heterocycles. The molecule has 0 saturated carbocycles. The maximum absolute atomic E-state index is 13.2. The third kappa shape index (κ3) is 7.87. The van der Waals surface area contributed by atoms with Crippen molar-refractivity contribution in [1.29, 1.82) is 0 Å². The van der Waals surface area contributed by atoms with Gasteiger partial charge in [-0.05, 0) is 11.5 Å². The van der Waals surface area contributed by atoms with Gasteiger partial charge in [-0.2, -0.15) is 175 Å². The van der Waals surface area contributed by atoms with Crippen LogP contribution in [-0.2, 0) is 0 Å². The van der Waals surface area contributed by atoms with Crippen LogP contribution in [-0.4, -0.2) is 107 Å². The fraction of sp³-hybridized carbons (Fsp3) is 1.00. The minimum atomic E-state index is -8.58. The first-order chi connectivity index (χ1) is 23.6. The first kappa shape index (κ1) is 56.4. The van der Waals surface area contributed by atoms with Crippen LogP contribution in [0.3, 0.4) is 0 Å². The maximum Gasteiger partial charge on any atom is 0.460 e. The van der Waals surface area contributed by atoms with Gasteiger partial charge >= 0.3 is 95.3 Å². The first-order valence-electron chi connectivity index (χ1n) is 12.3. The smallest absolute Gasteiger partial charge is 0.200 e. The molecule has 0 heterocycles. The topological polar surface area (TPSA) is 0 Å². The van der Waals surface area contributed by atoms with Crippen LogP contribution in [0.2, 0.25) is 0 Å². The molecule has 0 nitrogen and oxygen atoms in total. The van der Waals surface area contributed by atoms with Gasteiger partial charge in [-0.3, -0.25) is 0 Å².